The number of halogens is 3. The van der Waals surface area contributed by atoms with Crippen LogP contribution in [-0.2, 0) is 0 Å². The summed E-state index contributed by atoms with van der Waals surface area (Å²) in [6, 6.07) is 10.0. The molecule has 3 nitrogen and oxygen atoms in total. The second kappa shape index (κ2) is 5.58. The van der Waals surface area contributed by atoms with Gasteiger partial charge in [-0.2, -0.15) is 0 Å². The first kappa shape index (κ1) is 14.2. The zero-order valence-electron chi connectivity index (χ0n) is 10.9. The van der Waals surface area contributed by atoms with Crippen molar-refractivity contribution in [2.45, 2.75) is 0 Å². The van der Waals surface area contributed by atoms with Crippen molar-refractivity contribution in [3.05, 3.63) is 51.8 Å². The Morgan fingerprint density at radius 3 is 2.71 bits per heavy atom. The van der Waals surface area contributed by atoms with Crippen molar-refractivity contribution >= 4 is 38.4 Å². The summed E-state index contributed by atoms with van der Waals surface area (Å²) in [4.78, 5) is 8.58. The lowest BCUT2D eigenvalue weighted by Crippen LogP contribution is -1.95. The number of para-hydroxylation sites is 1. The molecule has 0 fully saturated rings. The van der Waals surface area contributed by atoms with Crippen LogP contribution < -0.4 is 4.74 Å². The average molecular weight is 368 g/mol. The van der Waals surface area contributed by atoms with Crippen molar-refractivity contribution in [1.29, 1.82) is 0 Å². The summed E-state index contributed by atoms with van der Waals surface area (Å²) in [5.74, 6) is 0.209. The molecule has 0 atom stereocenters. The second-order valence-corrected chi connectivity index (χ2v) is 5.53. The van der Waals surface area contributed by atoms with E-state index in [0.717, 1.165) is 4.47 Å². The van der Waals surface area contributed by atoms with Crippen LogP contribution in [0.1, 0.15) is 0 Å². The highest BCUT2D eigenvalue weighted by Gasteiger charge is 2.13. The van der Waals surface area contributed by atoms with Gasteiger partial charge in [-0.1, -0.05) is 17.7 Å². The molecule has 0 spiro atoms. The normalized spacial score (nSPS) is 10.9. The summed E-state index contributed by atoms with van der Waals surface area (Å²) >= 11 is 9.59. The van der Waals surface area contributed by atoms with Crippen LogP contribution in [0.2, 0.25) is 5.15 Å². The maximum absolute atomic E-state index is 14.1. The van der Waals surface area contributed by atoms with Crippen molar-refractivity contribution < 1.29 is 9.13 Å². The predicted molar refractivity (Wildman–Crippen MR) is 84.2 cm³/mol. The molecule has 0 aliphatic rings. The summed E-state index contributed by atoms with van der Waals surface area (Å²) in [6.45, 7) is 0. The van der Waals surface area contributed by atoms with E-state index in [-0.39, 0.29) is 16.5 Å². The van der Waals surface area contributed by atoms with E-state index in [1.165, 1.54) is 13.2 Å². The largest absolute Gasteiger partial charge is 0.497 e. The van der Waals surface area contributed by atoms with Gasteiger partial charge in [0.05, 0.1) is 18.2 Å². The Bertz CT molecular complexity index is 841. The molecule has 21 heavy (non-hydrogen) atoms. The molecular formula is C15H9BrClFN2O. The van der Waals surface area contributed by atoms with Crippen LogP contribution in [0.3, 0.4) is 0 Å². The Hall–Kier alpha value is -1.72. The minimum Gasteiger partial charge on any atom is -0.497 e. The standard InChI is InChI=1S/C15H9BrClFN2O/c1-21-8-5-6-9(12(18)7-8)15-19-13-10(14(17)20-15)3-2-4-11(13)16/h2-7H,1H3. The number of aromatic nitrogens is 2. The minimum atomic E-state index is -0.461. The molecule has 0 bridgehead atoms. The molecule has 6 heteroatoms. The topological polar surface area (TPSA) is 35.0 Å². The molecule has 3 rings (SSSR count). The number of hydrogen-bond acceptors (Lipinski definition) is 3. The first-order valence-corrected chi connectivity index (χ1v) is 7.23. The Morgan fingerprint density at radius 1 is 1.19 bits per heavy atom. The van der Waals surface area contributed by atoms with Gasteiger partial charge in [0.25, 0.3) is 0 Å². The molecule has 3 aromatic rings. The molecule has 0 radical (unpaired) electrons. The molecule has 0 unspecified atom stereocenters. The molecule has 0 aliphatic carbocycles. The summed E-state index contributed by atoms with van der Waals surface area (Å²) < 4.78 is 19.9. The van der Waals surface area contributed by atoms with E-state index in [1.807, 2.05) is 18.2 Å². The summed E-state index contributed by atoms with van der Waals surface area (Å²) in [6.07, 6.45) is 0. The lowest BCUT2D eigenvalue weighted by molar-refractivity contribution is 0.411. The molecule has 1 aromatic heterocycles. The Kier molecular flexibility index (Phi) is 3.78. The van der Waals surface area contributed by atoms with E-state index >= 15 is 0 Å². The van der Waals surface area contributed by atoms with Crippen molar-refractivity contribution in [2.24, 2.45) is 0 Å². The third-order valence-electron chi connectivity index (χ3n) is 3.05. The smallest absolute Gasteiger partial charge is 0.164 e. The number of benzene rings is 2. The van der Waals surface area contributed by atoms with Gasteiger partial charge in [0.15, 0.2) is 5.82 Å². The zero-order valence-corrected chi connectivity index (χ0v) is 13.2. The van der Waals surface area contributed by atoms with Crippen LogP contribution in [0.15, 0.2) is 40.9 Å². The van der Waals surface area contributed by atoms with Gasteiger partial charge >= 0.3 is 0 Å². The van der Waals surface area contributed by atoms with Gasteiger partial charge in [0.2, 0.25) is 0 Å². The highest BCUT2D eigenvalue weighted by Crippen LogP contribution is 2.31. The molecule has 0 saturated carbocycles. The number of hydrogen-bond donors (Lipinski definition) is 0. The number of ether oxygens (including phenoxy) is 1. The molecule has 2 aromatic carbocycles. The summed E-state index contributed by atoms with van der Waals surface area (Å²) in [5, 5.41) is 0.996. The molecular weight excluding hydrogens is 359 g/mol. The van der Waals surface area contributed by atoms with E-state index in [2.05, 4.69) is 25.9 Å². The molecule has 0 amide bonds. The van der Waals surface area contributed by atoms with E-state index in [4.69, 9.17) is 16.3 Å². The van der Waals surface area contributed by atoms with E-state index in [0.29, 0.717) is 16.7 Å². The monoisotopic (exact) mass is 366 g/mol. The SMILES string of the molecule is COc1ccc(-c2nc(Cl)c3cccc(Br)c3n2)c(F)c1. The highest BCUT2D eigenvalue weighted by molar-refractivity contribution is 9.10. The second-order valence-electron chi connectivity index (χ2n) is 4.32. The van der Waals surface area contributed by atoms with E-state index in [9.17, 15) is 4.39 Å². The first-order valence-electron chi connectivity index (χ1n) is 6.06. The molecule has 0 saturated heterocycles. The lowest BCUT2D eigenvalue weighted by atomic mass is 10.1. The average Bonchev–Trinajstić information content (AvgIpc) is 2.48. The van der Waals surface area contributed by atoms with Crippen LogP contribution in [0, 0.1) is 5.82 Å². The van der Waals surface area contributed by atoms with E-state index in [1.54, 1.807) is 12.1 Å². The predicted octanol–water partition coefficient (Wildman–Crippen LogP) is 4.86. The minimum absolute atomic E-state index is 0.236. The van der Waals surface area contributed by atoms with Gasteiger partial charge in [-0.3, -0.25) is 0 Å². The Balaban J connectivity index is 2.24. The van der Waals surface area contributed by atoms with Gasteiger partial charge in [-0.15, -0.1) is 0 Å². The maximum atomic E-state index is 14.1. The fourth-order valence-electron chi connectivity index (χ4n) is 2.00. The Labute approximate surface area is 133 Å². The van der Waals surface area contributed by atoms with Crippen LogP contribution in [0.25, 0.3) is 22.3 Å². The van der Waals surface area contributed by atoms with Crippen LogP contribution in [-0.4, -0.2) is 17.1 Å². The van der Waals surface area contributed by atoms with Gasteiger partial charge < -0.3 is 4.74 Å². The zero-order chi connectivity index (χ0) is 15.0. The molecule has 0 aliphatic heterocycles. The fraction of sp³-hybridized carbons (Fsp3) is 0.0667. The van der Waals surface area contributed by atoms with Crippen molar-refractivity contribution in [3.8, 4) is 17.1 Å². The Morgan fingerprint density at radius 2 is 2.00 bits per heavy atom. The molecule has 106 valence electrons. The first-order chi connectivity index (χ1) is 10.1. The molecule has 0 N–H and O–H groups in total. The highest BCUT2D eigenvalue weighted by atomic mass is 79.9. The number of methoxy groups -OCH3 is 1. The number of rotatable bonds is 2. The van der Waals surface area contributed by atoms with Gasteiger partial charge in [0.1, 0.15) is 16.7 Å². The number of fused-ring (bicyclic) bond motifs is 1. The van der Waals surface area contributed by atoms with Gasteiger partial charge in [-0.05, 0) is 40.2 Å². The van der Waals surface area contributed by atoms with Gasteiger partial charge in [0, 0.05) is 15.9 Å². The molecule has 1 heterocycles. The maximum Gasteiger partial charge on any atom is 0.164 e. The van der Waals surface area contributed by atoms with Crippen molar-refractivity contribution in [3.63, 3.8) is 0 Å². The van der Waals surface area contributed by atoms with E-state index < -0.39 is 5.82 Å². The van der Waals surface area contributed by atoms with Crippen molar-refractivity contribution in [2.75, 3.05) is 7.11 Å². The van der Waals surface area contributed by atoms with Crippen molar-refractivity contribution in [1.82, 2.24) is 9.97 Å². The third kappa shape index (κ3) is 2.59. The summed E-state index contributed by atoms with van der Waals surface area (Å²) in [5.41, 5.74) is 0.915. The lowest BCUT2D eigenvalue weighted by Gasteiger charge is -2.08. The third-order valence-corrected chi connectivity index (χ3v) is 3.98. The summed E-state index contributed by atoms with van der Waals surface area (Å²) in [7, 11) is 1.48. The van der Waals surface area contributed by atoms with Crippen LogP contribution in [0.5, 0.6) is 5.75 Å². The van der Waals surface area contributed by atoms with Crippen LogP contribution >= 0.6 is 27.5 Å². The van der Waals surface area contributed by atoms with Gasteiger partial charge in [-0.25, -0.2) is 14.4 Å². The number of nitrogens with zero attached hydrogens (tertiary/aromatic N) is 2. The fourth-order valence-corrected chi connectivity index (χ4v) is 2.69. The quantitative estimate of drug-likeness (QED) is 0.607. The van der Waals surface area contributed by atoms with Crippen LogP contribution in [0.4, 0.5) is 4.39 Å².